The Morgan fingerprint density at radius 2 is 1.77 bits per heavy atom. The summed E-state index contributed by atoms with van der Waals surface area (Å²) >= 11 is 6.08. The maximum Gasteiger partial charge on any atom is 0.337 e. The molecule has 1 saturated carbocycles. The van der Waals surface area contributed by atoms with E-state index in [-0.39, 0.29) is 53.6 Å². The first-order valence-electron chi connectivity index (χ1n) is 13.6. The van der Waals surface area contributed by atoms with Gasteiger partial charge in [-0.1, -0.05) is 30.2 Å². The number of rotatable bonds is 5. The zero-order valence-corrected chi connectivity index (χ0v) is 22.8. The van der Waals surface area contributed by atoms with Gasteiger partial charge in [-0.05, 0) is 68.7 Å². The number of hydrogen-bond donors (Lipinski definition) is 1. The quantitative estimate of drug-likeness (QED) is 0.258. The van der Waals surface area contributed by atoms with Gasteiger partial charge in [0.05, 0.1) is 22.5 Å². The smallest absolute Gasteiger partial charge is 0.337 e. The predicted molar refractivity (Wildman–Crippen MR) is 146 cm³/mol. The van der Waals surface area contributed by atoms with E-state index in [1.807, 2.05) is 12.1 Å². The Kier molecular flexibility index (Phi) is 7.00. The van der Waals surface area contributed by atoms with Crippen LogP contribution in [0.25, 0.3) is 0 Å². The highest BCUT2D eigenvalue weighted by Gasteiger charge is 2.45. The number of dihydropyridines is 1. The fourth-order valence-electron chi connectivity index (χ4n) is 6.33. The maximum absolute atomic E-state index is 13.9. The van der Waals surface area contributed by atoms with Gasteiger partial charge in [-0.3, -0.25) is 14.9 Å². The summed E-state index contributed by atoms with van der Waals surface area (Å²) in [7, 11) is 0. The van der Waals surface area contributed by atoms with Gasteiger partial charge >= 0.3 is 5.97 Å². The van der Waals surface area contributed by atoms with Crippen molar-refractivity contribution in [2.45, 2.75) is 69.8 Å². The number of ether oxygens (including phenoxy) is 3. The molecule has 2 aliphatic heterocycles. The molecule has 0 bridgehead atoms. The normalized spacial score (nSPS) is 22.6. The standard InChI is InChI=1S/C30H29ClN2O7/c1-16-27(30(35)40-20-5-3-2-4-6-20)28(21-13-25-26(39-15-38-25)14-23(21)33(36)37)29-22(32-16)11-18(12-24(29)34)17-7-9-19(31)10-8-17/h7-10,13-14,18,20,28,32H,2-6,11-12,15H2,1H3/t18-,28+/m1/s1. The molecule has 0 saturated heterocycles. The van der Waals surface area contributed by atoms with Crippen LogP contribution >= 0.6 is 11.6 Å². The number of nitrogens with one attached hydrogen (secondary N) is 1. The van der Waals surface area contributed by atoms with Crippen molar-refractivity contribution >= 4 is 29.0 Å². The van der Waals surface area contributed by atoms with Gasteiger partial charge in [-0.15, -0.1) is 0 Å². The molecule has 0 spiro atoms. The average molecular weight is 565 g/mol. The molecule has 2 atom stereocenters. The predicted octanol–water partition coefficient (Wildman–Crippen LogP) is 6.21. The summed E-state index contributed by atoms with van der Waals surface area (Å²) in [5, 5.41) is 16.2. The van der Waals surface area contributed by atoms with Gasteiger partial charge in [0.25, 0.3) is 5.69 Å². The van der Waals surface area contributed by atoms with Crippen LogP contribution in [0.5, 0.6) is 11.5 Å². The fourth-order valence-corrected chi connectivity index (χ4v) is 6.45. The maximum atomic E-state index is 13.9. The second kappa shape index (κ2) is 10.6. The summed E-state index contributed by atoms with van der Waals surface area (Å²) in [5.74, 6) is -1.24. The van der Waals surface area contributed by atoms with Crippen LogP contribution in [0.3, 0.4) is 0 Å². The lowest BCUT2D eigenvalue weighted by atomic mass is 9.71. The minimum atomic E-state index is -0.985. The van der Waals surface area contributed by atoms with Crippen LogP contribution in [0, 0.1) is 10.1 Å². The number of carbonyl (C=O) groups excluding carboxylic acids is 2. The largest absolute Gasteiger partial charge is 0.459 e. The molecular weight excluding hydrogens is 536 g/mol. The van der Waals surface area contributed by atoms with Crippen molar-refractivity contribution in [1.82, 2.24) is 5.32 Å². The van der Waals surface area contributed by atoms with Crippen LogP contribution < -0.4 is 14.8 Å². The van der Waals surface area contributed by atoms with Crippen LogP contribution in [0.15, 0.2) is 58.9 Å². The van der Waals surface area contributed by atoms with E-state index in [1.54, 1.807) is 19.1 Å². The van der Waals surface area contributed by atoms with Crippen molar-refractivity contribution < 1.29 is 28.7 Å². The summed E-state index contributed by atoms with van der Waals surface area (Å²) in [6, 6.07) is 10.2. The first kappa shape index (κ1) is 26.4. The number of nitro groups is 1. The van der Waals surface area contributed by atoms with E-state index >= 15 is 0 Å². The average Bonchev–Trinajstić information content (AvgIpc) is 3.40. The van der Waals surface area contributed by atoms with Gasteiger partial charge in [0, 0.05) is 34.0 Å². The molecule has 0 aromatic heterocycles. The molecule has 1 fully saturated rings. The molecule has 10 heteroatoms. The number of esters is 1. The monoisotopic (exact) mass is 564 g/mol. The van der Waals surface area contributed by atoms with Crippen LogP contribution in [0.1, 0.15) is 74.8 Å². The lowest BCUT2D eigenvalue weighted by molar-refractivity contribution is -0.385. The molecule has 9 nitrogen and oxygen atoms in total. The third-order valence-electron chi connectivity index (χ3n) is 8.24. The van der Waals surface area contributed by atoms with Crippen LogP contribution in [0.4, 0.5) is 5.69 Å². The van der Waals surface area contributed by atoms with Crippen molar-refractivity contribution in [1.29, 1.82) is 0 Å². The Morgan fingerprint density at radius 1 is 1.07 bits per heavy atom. The van der Waals surface area contributed by atoms with Crippen molar-refractivity contribution in [3.05, 3.63) is 85.2 Å². The summed E-state index contributed by atoms with van der Waals surface area (Å²) in [5.41, 5.74) is 2.67. The van der Waals surface area contributed by atoms with E-state index in [2.05, 4.69) is 5.32 Å². The van der Waals surface area contributed by atoms with E-state index in [0.29, 0.717) is 34.2 Å². The van der Waals surface area contributed by atoms with Crippen molar-refractivity contribution in [2.75, 3.05) is 6.79 Å². The summed E-state index contributed by atoms with van der Waals surface area (Å²) < 4.78 is 16.9. The summed E-state index contributed by atoms with van der Waals surface area (Å²) in [4.78, 5) is 39.5. The number of nitrogens with zero attached hydrogens (tertiary/aromatic N) is 1. The molecule has 4 aliphatic rings. The Morgan fingerprint density at radius 3 is 2.48 bits per heavy atom. The molecule has 2 aromatic rings. The van der Waals surface area contributed by atoms with Crippen molar-refractivity contribution in [3.8, 4) is 11.5 Å². The molecule has 2 aliphatic carbocycles. The number of carbonyl (C=O) groups is 2. The van der Waals surface area contributed by atoms with E-state index in [0.717, 1.165) is 37.7 Å². The highest BCUT2D eigenvalue weighted by molar-refractivity contribution is 6.30. The minimum absolute atomic E-state index is 0.0662. The second-order valence-electron chi connectivity index (χ2n) is 10.8. The Labute approximate surface area is 236 Å². The van der Waals surface area contributed by atoms with Gasteiger partial charge < -0.3 is 19.5 Å². The highest BCUT2D eigenvalue weighted by Crippen LogP contribution is 2.50. The lowest BCUT2D eigenvalue weighted by Crippen LogP contribution is -2.37. The molecule has 1 N–H and O–H groups in total. The van der Waals surface area contributed by atoms with Crippen LogP contribution in [-0.4, -0.2) is 29.6 Å². The number of nitro benzene ring substituents is 1. The molecule has 6 rings (SSSR count). The number of Topliss-reactive ketones (excluding diaryl/α,β-unsaturated/α-hetero) is 1. The number of allylic oxidation sites excluding steroid dienone is 3. The number of benzene rings is 2. The number of hydrogen-bond acceptors (Lipinski definition) is 8. The van der Waals surface area contributed by atoms with Gasteiger partial charge in [-0.25, -0.2) is 4.79 Å². The molecule has 0 radical (unpaired) electrons. The first-order valence-corrected chi connectivity index (χ1v) is 14.0. The van der Waals surface area contributed by atoms with E-state index in [9.17, 15) is 19.7 Å². The Balaban J connectivity index is 1.46. The number of ketones is 1. The van der Waals surface area contributed by atoms with Gasteiger partial charge in [0.1, 0.15) is 6.10 Å². The molecule has 0 unspecified atom stereocenters. The van der Waals surface area contributed by atoms with E-state index in [4.69, 9.17) is 25.8 Å². The second-order valence-corrected chi connectivity index (χ2v) is 11.2. The molecule has 2 aromatic carbocycles. The van der Waals surface area contributed by atoms with Gasteiger partial charge in [0.2, 0.25) is 6.79 Å². The molecule has 2 heterocycles. The molecular formula is C30H29ClN2O7. The zero-order valence-electron chi connectivity index (χ0n) is 22.0. The van der Waals surface area contributed by atoms with E-state index in [1.165, 1.54) is 12.1 Å². The third-order valence-corrected chi connectivity index (χ3v) is 8.50. The fraction of sp³-hybridized carbons (Fsp3) is 0.400. The van der Waals surface area contributed by atoms with Crippen LogP contribution in [0.2, 0.25) is 5.02 Å². The Hall–Kier alpha value is -3.85. The van der Waals surface area contributed by atoms with E-state index < -0.39 is 16.8 Å². The zero-order chi connectivity index (χ0) is 28.0. The molecule has 0 amide bonds. The van der Waals surface area contributed by atoms with Gasteiger partial charge in [-0.2, -0.15) is 0 Å². The third kappa shape index (κ3) is 4.83. The van der Waals surface area contributed by atoms with Crippen LogP contribution in [-0.2, 0) is 14.3 Å². The van der Waals surface area contributed by atoms with Crippen molar-refractivity contribution in [3.63, 3.8) is 0 Å². The highest BCUT2D eigenvalue weighted by atomic mass is 35.5. The molecule has 40 heavy (non-hydrogen) atoms. The topological polar surface area (TPSA) is 117 Å². The number of fused-ring (bicyclic) bond motifs is 1. The van der Waals surface area contributed by atoms with Gasteiger partial charge in [0.15, 0.2) is 17.3 Å². The first-order chi connectivity index (χ1) is 19.3. The lowest BCUT2D eigenvalue weighted by Gasteiger charge is -2.37. The number of halogens is 1. The minimum Gasteiger partial charge on any atom is -0.459 e. The summed E-state index contributed by atoms with van der Waals surface area (Å²) in [6.07, 6.45) is 5.08. The Bertz CT molecular complexity index is 1460. The molecule has 208 valence electrons. The summed E-state index contributed by atoms with van der Waals surface area (Å²) in [6.45, 7) is 1.69. The van der Waals surface area contributed by atoms with Crippen molar-refractivity contribution in [2.24, 2.45) is 0 Å². The SMILES string of the molecule is CC1=C(C(=O)OC2CCCCC2)[C@H](c2cc3c(cc2[N+](=O)[O-])OCO3)C2=C(C[C@@H](c3ccc(Cl)cc3)CC2=O)N1.